The Morgan fingerprint density at radius 3 is 2.31 bits per heavy atom. The van der Waals surface area contributed by atoms with Crippen LogP contribution in [-0.4, -0.2) is 39.0 Å². The van der Waals surface area contributed by atoms with Gasteiger partial charge in [-0.1, -0.05) is 20.8 Å². The molecule has 0 spiro atoms. The van der Waals surface area contributed by atoms with Crippen molar-refractivity contribution in [1.82, 2.24) is 5.32 Å². The minimum atomic E-state index is 0.552. The molecular weight excluding hydrogens is 202 g/mol. The standard InChI is InChI=1S/C13H29NO2/c1-5-7-14-13(4)6-8-15-9-10-16-11-12(2)3/h12-14H,5-11H2,1-4H3. The van der Waals surface area contributed by atoms with Crippen LogP contribution in [0.1, 0.15) is 40.5 Å². The van der Waals surface area contributed by atoms with Gasteiger partial charge >= 0.3 is 0 Å². The normalized spacial score (nSPS) is 13.3. The van der Waals surface area contributed by atoms with Gasteiger partial charge in [-0.25, -0.2) is 0 Å². The summed E-state index contributed by atoms with van der Waals surface area (Å²) in [6.45, 7) is 12.9. The third kappa shape index (κ3) is 12.0. The van der Waals surface area contributed by atoms with Gasteiger partial charge < -0.3 is 14.8 Å². The molecule has 0 amide bonds. The first-order valence-electron chi connectivity index (χ1n) is 6.55. The van der Waals surface area contributed by atoms with Crippen molar-refractivity contribution >= 4 is 0 Å². The van der Waals surface area contributed by atoms with Crippen LogP contribution in [-0.2, 0) is 9.47 Å². The summed E-state index contributed by atoms with van der Waals surface area (Å²) in [4.78, 5) is 0. The SMILES string of the molecule is CCCNC(C)CCOCCOCC(C)C. The Morgan fingerprint density at radius 1 is 1.00 bits per heavy atom. The van der Waals surface area contributed by atoms with Crippen molar-refractivity contribution in [1.29, 1.82) is 0 Å². The summed E-state index contributed by atoms with van der Waals surface area (Å²) in [6, 6.07) is 0.552. The molecule has 3 heteroatoms. The molecule has 0 rings (SSSR count). The minimum Gasteiger partial charge on any atom is -0.379 e. The predicted octanol–water partition coefficient (Wildman–Crippen LogP) is 2.45. The molecule has 0 aromatic rings. The van der Waals surface area contributed by atoms with E-state index in [2.05, 4.69) is 33.0 Å². The fourth-order valence-corrected chi connectivity index (χ4v) is 1.29. The highest BCUT2D eigenvalue weighted by atomic mass is 16.5. The van der Waals surface area contributed by atoms with Gasteiger partial charge in [-0.05, 0) is 32.2 Å². The molecule has 1 N–H and O–H groups in total. The molecule has 0 aliphatic heterocycles. The lowest BCUT2D eigenvalue weighted by molar-refractivity contribution is 0.0353. The molecule has 16 heavy (non-hydrogen) atoms. The van der Waals surface area contributed by atoms with Crippen LogP contribution >= 0.6 is 0 Å². The molecule has 0 aromatic heterocycles. The maximum absolute atomic E-state index is 5.50. The summed E-state index contributed by atoms with van der Waals surface area (Å²) < 4.78 is 10.9. The van der Waals surface area contributed by atoms with Gasteiger partial charge in [0, 0.05) is 19.3 Å². The summed E-state index contributed by atoms with van der Waals surface area (Å²) in [5.74, 6) is 0.610. The van der Waals surface area contributed by atoms with E-state index in [9.17, 15) is 0 Å². The maximum atomic E-state index is 5.50. The molecule has 98 valence electrons. The Kier molecular flexibility index (Phi) is 11.3. The first-order chi connectivity index (χ1) is 7.66. The second kappa shape index (κ2) is 11.4. The van der Waals surface area contributed by atoms with E-state index >= 15 is 0 Å². The van der Waals surface area contributed by atoms with E-state index in [4.69, 9.17) is 9.47 Å². The smallest absolute Gasteiger partial charge is 0.0700 e. The van der Waals surface area contributed by atoms with Crippen molar-refractivity contribution in [3.05, 3.63) is 0 Å². The van der Waals surface area contributed by atoms with E-state index in [1.807, 2.05) is 0 Å². The van der Waals surface area contributed by atoms with E-state index in [1.165, 1.54) is 6.42 Å². The molecule has 3 nitrogen and oxygen atoms in total. The third-order valence-corrected chi connectivity index (χ3v) is 2.26. The van der Waals surface area contributed by atoms with Crippen LogP contribution in [0.25, 0.3) is 0 Å². The van der Waals surface area contributed by atoms with Gasteiger partial charge in [-0.2, -0.15) is 0 Å². The minimum absolute atomic E-state index is 0.552. The van der Waals surface area contributed by atoms with Crippen molar-refractivity contribution in [3.8, 4) is 0 Å². The number of ether oxygens (including phenoxy) is 2. The lowest BCUT2D eigenvalue weighted by Gasteiger charge is -2.13. The zero-order valence-corrected chi connectivity index (χ0v) is 11.4. The summed E-state index contributed by atoms with van der Waals surface area (Å²) in [7, 11) is 0. The summed E-state index contributed by atoms with van der Waals surface area (Å²) in [5, 5.41) is 3.44. The maximum Gasteiger partial charge on any atom is 0.0700 e. The molecule has 0 aliphatic carbocycles. The second-order valence-corrected chi connectivity index (χ2v) is 4.72. The molecule has 0 aromatic carbocycles. The van der Waals surface area contributed by atoms with Crippen LogP contribution in [0, 0.1) is 5.92 Å². The molecule has 1 atom stereocenters. The topological polar surface area (TPSA) is 30.5 Å². The highest BCUT2D eigenvalue weighted by Crippen LogP contribution is 1.94. The Balaban J connectivity index is 3.08. The quantitative estimate of drug-likeness (QED) is 0.554. The van der Waals surface area contributed by atoms with Crippen LogP contribution in [0.3, 0.4) is 0 Å². The van der Waals surface area contributed by atoms with Crippen molar-refractivity contribution < 1.29 is 9.47 Å². The van der Waals surface area contributed by atoms with Crippen LogP contribution in [0.5, 0.6) is 0 Å². The second-order valence-electron chi connectivity index (χ2n) is 4.72. The fourth-order valence-electron chi connectivity index (χ4n) is 1.29. The van der Waals surface area contributed by atoms with Crippen LogP contribution in [0.15, 0.2) is 0 Å². The highest BCUT2D eigenvalue weighted by Gasteiger charge is 1.99. The number of hydrogen-bond donors (Lipinski definition) is 1. The van der Waals surface area contributed by atoms with Gasteiger partial charge in [0.15, 0.2) is 0 Å². The molecule has 0 saturated carbocycles. The first kappa shape index (κ1) is 15.9. The lowest BCUT2D eigenvalue weighted by atomic mass is 10.2. The molecule has 0 bridgehead atoms. The number of hydrogen-bond acceptors (Lipinski definition) is 3. The first-order valence-corrected chi connectivity index (χ1v) is 6.55. The van der Waals surface area contributed by atoms with Crippen molar-refractivity contribution in [3.63, 3.8) is 0 Å². The molecule has 0 aliphatic rings. The average Bonchev–Trinajstić information content (AvgIpc) is 2.24. The third-order valence-electron chi connectivity index (χ3n) is 2.26. The summed E-state index contributed by atoms with van der Waals surface area (Å²) in [6.07, 6.45) is 2.26. The van der Waals surface area contributed by atoms with Gasteiger partial charge in [-0.15, -0.1) is 0 Å². The Hall–Kier alpha value is -0.120. The van der Waals surface area contributed by atoms with Crippen LogP contribution in [0.2, 0.25) is 0 Å². The summed E-state index contributed by atoms with van der Waals surface area (Å²) >= 11 is 0. The zero-order valence-electron chi connectivity index (χ0n) is 11.4. The number of rotatable bonds is 11. The molecule has 0 fully saturated rings. The molecule has 0 radical (unpaired) electrons. The average molecular weight is 231 g/mol. The molecule has 1 unspecified atom stereocenters. The summed E-state index contributed by atoms with van der Waals surface area (Å²) in [5.41, 5.74) is 0. The highest BCUT2D eigenvalue weighted by molar-refractivity contribution is 4.58. The monoisotopic (exact) mass is 231 g/mol. The molecular formula is C13H29NO2. The molecule has 0 heterocycles. The van der Waals surface area contributed by atoms with Gasteiger partial charge in [0.05, 0.1) is 13.2 Å². The largest absolute Gasteiger partial charge is 0.379 e. The van der Waals surface area contributed by atoms with E-state index in [-0.39, 0.29) is 0 Å². The van der Waals surface area contributed by atoms with Crippen molar-refractivity contribution in [2.75, 3.05) is 33.0 Å². The van der Waals surface area contributed by atoms with Crippen LogP contribution in [0.4, 0.5) is 0 Å². The van der Waals surface area contributed by atoms with Crippen molar-refractivity contribution in [2.45, 2.75) is 46.6 Å². The van der Waals surface area contributed by atoms with Crippen LogP contribution < -0.4 is 5.32 Å². The van der Waals surface area contributed by atoms with Gasteiger partial charge in [0.25, 0.3) is 0 Å². The van der Waals surface area contributed by atoms with Gasteiger partial charge in [0.2, 0.25) is 0 Å². The zero-order chi connectivity index (χ0) is 12.2. The Morgan fingerprint density at radius 2 is 1.69 bits per heavy atom. The Bertz CT molecular complexity index is 140. The molecule has 0 saturated heterocycles. The van der Waals surface area contributed by atoms with E-state index < -0.39 is 0 Å². The van der Waals surface area contributed by atoms with E-state index in [1.54, 1.807) is 0 Å². The van der Waals surface area contributed by atoms with Crippen molar-refractivity contribution in [2.24, 2.45) is 5.92 Å². The fraction of sp³-hybridized carbons (Fsp3) is 1.00. The van der Waals surface area contributed by atoms with E-state index in [0.717, 1.165) is 32.8 Å². The number of nitrogens with one attached hydrogen (secondary N) is 1. The van der Waals surface area contributed by atoms with E-state index in [0.29, 0.717) is 18.6 Å². The van der Waals surface area contributed by atoms with Gasteiger partial charge in [-0.3, -0.25) is 0 Å². The van der Waals surface area contributed by atoms with Gasteiger partial charge in [0.1, 0.15) is 0 Å². The lowest BCUT2D eigenvalue weighted by Crippen LogP contribution is -2.28. The predicted molar refractivity (Wildman–Crippen MR) is 68.8 cm³/mol. The Labute approximate surface area is 101 Å².